The fourth-order valence-electron chi connectivity index (χ4n) is 3.10. The lowest BCUT2D eigenvalue weighted by Gasteiger charge is -2.14. The molecule has 0 unspecified atom stereocenters. The average Bonchev–Trinajstić information content (AvgIpc) is 2.90. The maximum atomic E-state index is 13.3. The third-order valence-electron chi connectivity index (χ3n) is 4.35. The molecule has 0 atom stereocenters. The first-order valence-corrected chi connectivity index (χ1v) is 9.40. The molecule has 4 nitrogen and oxygen atoms in total. The molecule has 0 aliphatic heterocycles. The number of fused-ring (bicyclic) bond motifs is 1. The van der Waals surface area contributed by atoms with Gasteiger partial charge in [0.1, 0.15) is 22.3 Å². The maximum Gasteiger partial charge on any atom is 0.262 e. The van der Waals surface area contributed by atoms with E-state index in [0.29, 0.717) is 29.0 Å². The Kier molecular flexibility index (Phi) is 5.05. The van der Waals surface area contributed by atoms with E-state index in [1.807, 2.05) is 20.8 Å². The van der Waals surface area contributed by atoms with Crippen molar-refractivity contribution in [3.05, 3.63) is 51.1 Å². The van der Waals surface area contributed by atoms with Crippen molar-refractivity contribution in [1.82, 2.24) is 9.55 Å². The minimum Gasteiger partial charge on any atom is -0.300 e. The van der Waals surface area contributed by atoms with Gasteiger partial charge in [0.15, 0.2) is 0 Å². The summed E-state index contributed by atoms with van der Waals surface area (Å²) in [5, 5.41) is 0.548. The Labute approximate surface area is 155 Å². The van der Waals surface area contributed by atoms with Crippen LogP contribution >= 0.6 is 11.3 Å². The number of hydrogen-bond donors (Lipinski definition) is 0. The summed E-state index contributed by atoms with van der Waals surface area (Å²) in [6.45, 7) is 7.75. The van der Waals surface area contributed by atoms with Gasteiger partial charge >= 0.3 is 0 Å². The van der Waals surface area contributed by atoms with Crippen LogP contribution in [0.25, 0.3) is 21.3 Å². The highest BCUT2D eigenvalue weighted by Gasteiger charge is 2.21. The largest absolute Gasteiger partial charge is 0.300 e. The van der Waals surface area contributed by atoms with Crippen LogP contribution in [-0.2, 0) is 11.3 Å². The fourth-order valence-corrected chi connectivity index (χ4v) is 4.14. The molecule has 0 spiro atoms. The van der Waals surface area contributed by atoms with Crippen molar-refractivity contribution in [3.63, 3.8) is 0 Å². The summed E-state index contributed by atoms with van der Waals surface area (Å²) in [6, 6.07) is 6.14. The van der Waals surface area contributed by atoms with E-state index in [1.165, 1.54) is 30.4 Å². The van der Waals surface area contributed by atoms with E-state index < -0.39 is 0 Å². The Morgan fingerprint density at radius 2 is 1.92 bits per heavy atom. The molecule has 0 radical (unpaired) electrons. The summed E-state index contributed by atoms with van der Waals surface area (Å²) in [7, 11) is 0. The Bertz CT molecular complexity index is 1030. The third-order valence-corrected chi connectivity index (χ3v) is 5.35. The maximum absolute atomic E-state index is 13.3. The van der Waals surface area contributed by atoms with E-state index in [-0.39, 0.29) is 23.1 Å². The standard InChI is InChI=1S/C20H21FN2O2S/c1-11(2)18-22-19-17(20(25)23(18)10-9-12(3)24)16(13(4)26-19)14-5-7-15(21)8-6-14/h5-8,11H,9-10H2,1-4H3. The van der Waals surface area contributed by atoms with Gasteiger partial charge in [-0.05, 0) is 31.5 Å². The molecule has 0 N–H and O–H groups in total. The fraction of sp³-hybridized carbons (Fsp3) is 0.350. The molecule has 0 saturated heterocycles. The number of benzene rings is 1. The number of rotatable bonds is 5. The number of hydrogen-bond acceptors (Lipinski definition) is 4. The molecule has 0 saturated carbocycles. The number of thiophene rings is 1. The van der Waals surface area contributed by atoms with Crippen molar-refractivity contribution in [3.8, 4) is 11.1 Å². The van der Waals surface area contributed by atoms with E-state index in [2.05, 4.69) is 0 Å². The quantitative estimate of drug-likeness (QED) is 0.654. The minimum atomic E-state index is -0.315. The van der Waals surface area contributed by atoms with Gasteiger partial charge in [-0.2, -0.15) is 0 Å². The van der Waals surface area contributed by atoms with Crippen LogP contribution in [0.15, 0.2) is 29.1 Å². The van der Waals surface area contributed by atoms with Crippen LogP contribution in [0, 0.1) is 12.7 Å². The van der Waals surface area contributed by atoms with Gasteiger partial charge in [-0.1, -0.05) is 26.0 Å². The molecule has 0 aliphatic carbocycles. The smallest absolute Gasteiger partial charge is 0.262 e. The molecule has 0 aliphatic rings. The summed E-state index contributed by atoms with van der Waals surface area (Å²) in [6.07, 6.45) is 0.293. The highest BCUT2D eigenvalue weighted by atomic mass is 32.1. The first kappa shape index (κ1) is 18.5. The van der Waals surface area contributed by atoms with Gasteiger partial charge < -0.3 is 0 Å². The molecule has 0 fully saturated rings. The van der Waals surface area contributed by atoms with Crippen LogP contribution in [0.3, 0.4) is 0 Å². The number of carbonyl (C=O) groups is 1. The summed E-state index contributed by atoms with van der Waals surface area (Å²) in [5.74, 6) is 0.475. The highest BCUT2D eigenvalue weighted by molar-refractivity contribution is 7.19. The van der Waals surface area contributed by atoms with Crippen molar-refractivity contribution in [2.45, 2.75) is 46.6 Å². The predicted molar refractivity (Wildman–Crippen MR) is 103 cm³/mol. The monoisotopic (exact) mass is 372 g/mol. The number of aryl methyl sites for hydroxylation is 1. The predicted octanol–water partition coefficient (Wildman–Crippen LogP) is 4.68. The number of ketones is 1. The normalized spacial score (nSPS) is 11.5. The van der Waals surface area contributed by atoms with E-state index in [9.17, 15) is 14.0 Å². The number of nitrogens with zero attached hydrogens (tertiary/aromatic N) is 2. The number of aromatic nitrogens is 2. The topological polar surface area (TPSA) is 52.0 Å². The SMILES string of the molecule is CC(=O)CCn1c(C(C)C)nc2sc(C)c(-c3ccc(F)cc3)c2c1=O. The van der Waals surface area contributed by atoms with Crippen LogP contribution in [0.5, 0.6) is 0 Å². The average molecular weight is 372 g/mol. The number of carbonyl (C=O) groups excluding carboxylic acids is 1. The van der Waals surface area contributed by atoms with E-state index in [4.69, 9.17) is 4.98 Å². The molecular weight excluding hydrogens is 351 g/mol. The van der Waals surface area contributed by atoms with E-state index in [1.54, 1.807) is 16.7 Å². The molecule has 0 bridgehead atoms. The van der Waals surface area contributed by atoms with Gasteiger partial charge in [-0.15, -0.1) is 11.3 Å². The molecule has 6 heteroatoms. The lowest BCUT2D eigenvalue weighted by molar-refractivity contribution is -0.117. The summed E-state index contributed by atoms with van der Waals surface area (Å²) in [4.78, 5) is 31.1. The lowest BCUT2D eigenvalue weighted by Crippen LogP contribution is -2.26. The zero-order valence-electron chi connectivity index (χ0n) is 15.3. The van der Waals surface area contributed by atoms with Crippen molar-refractivity contribution in [2.75, 3.05) is 0 Å². The Balaban J connectivity index is 2.30. The molecule has 3 rings (SSSR count). The van der Waals surface area contributed by atoms with Crippen LogP contribution in [-0.4, -0.2) is 15.3 Å². The first-order valence-electron chi connectivity index (χ1n) is 8.58. The molecule has 26 heavy (non-hydrogen) atoms. The van der Waals surface area contributed by atoms with Crippen LogP contribution in [0.4, 0.5) is 4.39 Å². The van der Waals surface area contributed by atoms with E-state index >= 15 is 0 Å². The van der Waals surface area contributed by atoms with Gasteiger partial charge in [0.05, 0.1) is 5.39 Å². The van der Waals surface area contributed by atoms with Crippen LogP contribution in [0.1, 0.15) is 43.8 Å². The zero-order chi connectivity index (χ0) is 19.0. The first-order chi connectivity index (χ1) is 12.3. The molecule has 0 amide bonds. The minimum absolute atomic E-state index is 0.0342. The third kappa shape index (κ3) is 3.33. The van der Waals surface area contributed by atoms with Crippen molar-refractivity contribution < 1.29 is 9.18 Å². The lowest BCUT2D eigenvalue weighted by atomic mass is 10.0. The van der Waals surface area contributed by atoms with Crippen molar-refractivity contribution in [2.24, 2.45) is 0 Å². The van der Waals surface area contributed by atoms with Gasteiger partial charge in [0.25, 0.3) is 5.56 Å². The highest BCUT2D eigenvalue weighted by Crippen LogP contribution is 2.36. The van der Waals surface area contributed by atoms with Gasteiger partial charge in [-0.25, -0.2) is 9.37 Å². The Hall–Kier alpha value is -2.34. The van der Waals surface area contributed by atoms with Crippen molar-refractivity contribution >= 4 is 27.3 Å². The summed E-state index contributed by atoms with van der Waals surface area (Å²) < 4.78 is 14.9. The van der Waals surface area contributed by atoms with Crippen LogP contribution in [0.2, 0.25) is 0 Å². The molecule has 3 aromatic rings. The summed E-state index contributed by atoms with van der Waals surface area (Å²) >= 11 is 1.47. The number of halogens is 1. The molecule has 2 aromatic heterocycles. The second kappa shape index (κ2) is 7.11. The second-order valence-electron chi connectivity index (χ2n) is 6.75. The van der Waals surface area contributed by atoms with Crippen molar-refractivity contribution in [1.29, 1.82) is 0 Å². The molecule has 1 aromatic carbocycles. The zero-order valence-corrected chi connectivity index (χ0v) is 16.1. The van der Waals surface area contributed by atoms with Gasteiger partial charge in [-0.3, -0.25) is 14.2 Å². The van der Waals surface area contributed by atoms with Gasteiger partial charge in [0.2, 0.25) is 0 Å². The Morgan fingerprint density at radius 3 is 2.50 bits per heavy atom. The summed E-state index contributed by atoms with van der Waals surface area (Å²) in [5.41, 5.74) is 1.46. The molecule has 136 valence electrons. The van der Waals surface area contributed by atoms with Crippen LogP contribution < -0.4 is 5.56 Å². The number of Topliss-reactive ketones (excluding diaryl/α,β-unsaturated/α-hetero) is 1. The molecular formula is C20H21FN2O2S. The molecule has 2 heterocycles. The van der Waals surface area contributed by atoms with Gasteiger partial charge in [0, 0.05) is 29.3 Å². The Morgan fingerprint density at radius 1 is 1.27 bits per heavy atom. The van der Waals surface area contributed by atoms with E-state index in [0.717, 1.165) is 16.0 Å². The second-order valence-corrected chi connectivity index (χ2v) is 7.96.